The molecule has 0 saturated carbocycles. The SMILES string of the molecule is COc1ccc(Cn2c(C)cc3c(=O)[nH][nH]c(=O)c32)cc1. The second-order valence-corrected chi connectivity index (χ2v) is 4.89. The highest BCUT2D eigenvalue weighted by Gasteiger charge is 2.12. The summed E-state index contributed by atoms with van der Waals surface area (Å²) in [5.74, 6) is 0.780. The molecule has 2 heterocycles. The normalized spacial score (nSPS) is 11.0. The van der Waals surface area contributed by atoms with E-state index in [9.17, 15) is 9.59 Å². The van der Waals surface area contributed by atoms with Crippen molar-refractivity contribution >= 4 is 10.9 Å². The average Bonchev–Trinajstić information content (AvgIpc) is 2.82. The summed E-state index contributed by atoms with van der Waals surface area (Å²) >= 11 is 0. The molecule has 0 aliphatic heterocycles. The second kappa shape index (κ2) is 4.97. The number of benzene rings is 1. The lowest BCUT2D eigenvalue weighted by atomic mass is 10.2. The Morgan fingerprint density at radius 2 is 1.76 bits per heavy atom. The van der Waals surface area contributed by atoms with Crippen LogP contribution < -0.4 is 15.9 Å². The number of hydrogen-bond donors (Lipinski definition) is 2. The molecule has 21 heavy (non-hydrogen) atoms. The molecule has 0 spiro atoms. The number of ether oxygens (including phenoxy) is 1. The predicted molar refractivity (Wildman–Crippen MR) is 80.0 cm³/mol. The lowest BCUT2D eigenvalue weighted by Gasteiger charge is -2.08. The van der Waals surface area contributed by atoms with Crippen LogP contribution in [0.4, 0.5) is 0 Å². The van der Waals surface area contributed by atoms with Crippen LogP contribution in [0.1, 0.15) is 11.3 Å². The highest BCUT2D eigenvalue weighted by Crippen LogP contribution is 2.17. The lowest BCUT2D eigenvalue weighted by molar-refractivity contribution is 0.414. The van der Waals surface area contributed by atoms with Gasteiger partial charge in [0.2, 0.25) is 0 Å². The van der Waals surface area contributed by atoms with Crippen LogP contribution in [-0.4, -0.2) is 21.9 Å². The molecule has 2 N–H and O–H groups in total. The van der Waals surface area contributed by atoms with E-state index in [2.05, 4.69) is 10.2 Å². The second-order valence-electron chi connectivity index (χ2n) is 4.89. The van der Waals surface area contributed by atoms with Crippen LogP contribution in [0.5, 0.6) is 5.75 Å². The number of nitrogens with one attached hydrogen (secondary N) is 2. The Hall–Kier alpha value is -2.76. The van der Waals surface area contributed by atoms with E-state index in [1.165, 1.54) is 0 Å². The Bertz CT molecular complexity index is 901. The number of hydrogen-bond acceptors (Lipinski definition) is 3. The molecule has 108 valence electrons. The largest absolute Gasteiger partial charge is 0.497 e. The summed E-state index contributed by atoms with van der Waals surface area (Å²) in [5, 5.41) is 5.11. The number of nitrogens with zero attached hydrogens (tertiary/aromatic N) is 1. The van der Waals surface area contributed by atoms with Crippen molar-refractivity contribution in [1.29, 1.82) is 0 Å². The lowest BCUT2D eigenvalue weighted by Crippen LogP contribution is -2.20. The number of aromatic nitrogens is 3. The fourth-order valence-electron chi connectivity index (χ4n) is 2.45. The fraction of sp³-hybridized carbons (Fsp3) is 0.200. The summed E-state index contributed by atoms with van der Waals surface area (Å²) in [6.07, 6.45) is 0. The fourth-order valence-corrected chi connectivity index (χ4v) is 2.45. The number of fused-ring (bicyclic) bond motifs is 1. The van der Waals surface area contributed by atoms with E-state index >= 15 is 0 Å². The molecule has 0 bridgehead atoms. The number of rotatable bonds is 3. The molecule has 6 heteroatoms. The Morgan fingerprint density at radius 3 is 2.43 bits per heavy atom. The van der Waals surface area contributed by atoms with Crippen molar-refractivity contribution in [2.24, 2.45) is 0 Å². The molecule has 2 aromatic heterocycles. The summed E-state index contributed by atoms with van der Waals surface area (Å²) in [5.41, 5.74) is 1.69. The van der Waals surface area contributed by atoms with Crippen LogP contribution in [0.3, 0.4) is 0 Å². The smallest absolute Gasteiger partial charge is 0.287 e. The summed E-state index contributed by atoms with van der Waals surface area (Å²) in [6, 6.07) is 9.34. The zero-order valence-electron chi connectivity index (χ0n) is 11.8. The Balaban J connectivity index is 2.12. The van der Waals surface area contributed by atoms with Gasteiger partial charge in [0.05, 0.1) is 12.5 Å². The average molecular weight is 285 g/mol. The zero-order valence-corrected chi connectivity index (χ0v) is 11.8. The van der Waals surface area contributed by atoms with E-state index in [0.29, 0.717) is 17.4 Å². The van der Waals surface area contributed by atoms with Crippen LogP contribution in [-0.2, 0) is 6.54 Å². The summed E-state index contributed by atoms with van der Waals surface area (Å²) < 4.78 is 6.96. The van der Waals surface area contributed by atoms with Crippen molar-refractivity contribution < 1.29 is 4.74 Å². The van der Waals surface area contributed by atoms with Gasteiger partial charge in [-0.3, -0.25) is 19.8 Å². The molecule has 0 aliphatic rings. The first-order valence-electron chi connectivity index (χ1n) is 6.54. The number of methoxy groups -OCH3 is 1. The molecule has 3 aromatic rings. The van der Waals surface area contributed by atoms with Crippen molar-refractivity contribution in [3.05, 3.63) is 62.3 Å². The maximum Gasteiger partial charge on any atom is 0.287 e. The van der Waals surface area contributed by atoms with Gasteiger partial charge in [-0.1, -0.05) is 12.1 Å². The minimum atomic E-state index is -0.300. The van der Waals surface area contributed by atoms with Crippen LogP contribution in [0.25, 0.3) is 10.9 Å². The van der Waals surface area contributed by atoms with Gasteiger partial charge in [-0.2, -0.15) is 0 Å². The molecule has 3 rings (SSSR count). The maximum atomic E-state index is 12.0. The molecule has 0 aliphatic carbocycles. The van der Waals surface area contributed by atoms with E-state index in [1.54, 1.807) is 13.2 Å². The van der Waals surface area contributed by atoms with Crippen molar-refractivity contribution in [2.45, 2.75) is 13.5 Å². The van der Waals surface area contributed by atoms with Gasteiger partial charge < -0.3 is 9.30 Å². The van der Waals surface area contributed by atoms with Gasteiger partial charge in [-0.15, -0.1) is 0 Å². The first-order chi connectivity index (χ1) is 10.1. The molecule has 0 fully saturated rings. The van der Waals surface area contributed by atoms with Crippen LogP contribution in [0.15, 0.2) is 39.9 Å². The van der Waals surface area contributed by atoms with Gasteiger partial charge in [-0.05, 0) is 30.7 Å². The zero-order chi connectivity index (χ0) is 15.0. The van der Waals surface area contributed by atoms with E-state index in [4.69, 9.17) is 4.74 Å². The molecule has 6 nitrogen and oxygen atoms in total. The third-order valence-electron chi connectivity index (χ3n) is 3.55. The van der Waals surface area contributed by atoms with E-state index < -0.39 is 0 Å². The molecular formula is C15H15N3O3. The standard InChI is InChI=1S/C15H15N3O3/c1-9-7-12-13(15(20)17-16-14(12)19)18(9)8-10-3-5-11(21-2)6-4-10/h3-7H,8H2,1-2H3,(H,16,19)(H,17,20). The van der Waals surface area contributed by atoms with E-state index in [1.807, 2.05) is 35.8 Å². The van der Waals surface area contributed by atoms with Crippen LogP contribution in [0.2, 0.25) is 0 Å². The van der Waals surface area contributed by atoms with Crippen molar-refractivity contribution in [2.75, 3.05) is 7.11 Å². The van der Waals surface area contributed by atoms with Gasteiger partial charge in [-0.25, -0.2) is 0 Å². The molecular weight excluding hydrogens is 270 g/mol. The Morgan fingerprint density at radius 1 is 1.10 bits per heavy atom. The summed E-state index contributed by atoms with van der Waals surface area (Å²) in [7, 11) is 1.62. The first kappa shape index (κ1) is 13.2. The van der Waals surface area contributed by atoms with Gasteiger partial charge in [0, 0.05) is 12.2 Å². The quantitative estimate of drug-likeness (QED) is 0.763. The maximum absolute atomic E-state index is 12.0. The predicted octanol–water partition coefficient (Wildman–Crippen LogP) is 1.38. The monoisotopic (exact) mass is 285 g/mol. The van der Waals surface area contributed by atoms with Crippen LogP contribution in [0, 0.1) is 6.92 Å². The number of aryl methyl sites for hydroxylation is 1. The molecule has 1 aromatic carbocycles. The molecule has 0 amide bonds. The van der Waals surface area contributed by atoms with E-state index in [0.717, 1.165) is 17.0 Å². The third kappa shape index (κ3) is 2.24. The minimum Gasteiger partial charge on any atom is -0.497 e. The Kier molecular flexibility index (Phi) is 3.13. The Labute approximate surface area is 120 Å². The van der Waals surface area contributed by atoms with Gasteiger partial charge in [0.15, 0.2) is 0 Å². The van der Waals surface area contributed by atoms with Gasteiger partial charge >= 0.3 is 0 Å². The van der Waals surface area contributed by atoms with Gasteiger partial charge in [0.1, 0.15) is 11.3 Å². The highest BCUT2D eigenvalue weighted by atomic mass is 16.5. The molecule has 0 unspecified atom stereocenters. The van der Waals surface area contributed by atoms with Gasteiger partial charge in [0.25, 0.3) is 11.1 Å². The molecule has 0 saturated heterocycles. The van der Waals surface area contributed by atoms with E-state index in [-0.39, 0.29) is 11.1 Å². The topological polar surface area (TPSA) is 79.9 Å². The van der Waals surface area contributed by atoms with Crippen molar-refractivity contribution in [3.8, 4) is 5.75 Å². The molecule has 0 radical (unpaired) electrons. The summed E-state index contributed by atoms with van der Waals surface area (Å²) in [6.45, 7) is 2.40. The first-order valence-corrected chi connectivity index (χ1v) is 6.54. The number of H-pyrrole nitrogens is 2. The van der Waals surface area contributed by atoms with Crippen molar-refractivity contribution in [3.63, 3.8) is 0 Å². The summed E-state index contributed by atoms with van der Waals surface area (Å²) in [4.78, 5) is 23.8. The minimum absolute atomic E-state index is 0.291. The highest BCUT2D eigenvalue weighted by molar-refractivity contribution is 5.79. The number of aromatic amines is 2. The van der Waals surface area contributed by atoms with Crippen LogP contribution >= 0.6 is 0 Å². The third-order valence-corrected chi connectivity index (χ3v) is 3.55. The van der Waals surface area contributed by atoms with Crippen molar-refractivity contribution in [1.82, 2.24) is 14.8 Å². The molecule has 0 atom stereocenters.